The molecule has 1 unspecified atom stereocenters. The van der Waals surface area contributed by atoms with Crippen molar-refractivity contribution in [2.45, 2.75) is 26.3 Å². The number of rotatable bonds is 3. The summed E-state index contributed by atoms with van der Waals surface area (Å²) < 4.78 is 5.89. The molecule has 3 rings (SSSR count). The lowest BCUT2D eigenvalue weighted by Gasteiger charge is -2.08. The Labute approximate surface area is 116 Å². The lowest BCUT2D eigenvalue weighted by molar-refractivity contribution is 0.526. The van der Waals surface area contributed by atoms with E-state index in [1.165, 1.54) is 16.0 Å². The van der Waals surface area contributed by atoms with Crippen molar-refractivity contribution < 1.29 is 4.42 Å². The zero-order valence-electron chi connectivity index (χ0n) is 11.1. The van der Waals surface area contributed by atoms with Crippen molar-refractivity contribution in [3.8, 4) is 0 Å². The van der Waals surface area contributed by atoms with Crippen molar-refractivity contribution in [1.82, 2.24) is 0 Å². The second-order valence-electron chi connectivity index (χ2n) is 4.83. The van der Waals surface area contributed by atoms with Crippen LogP contribution in [0.15, 0.2) is 40.1 Å². The van der Waals surface area contributed by atoms with Gasteiger partial charge >= 0.3 is 0 Å². The van der Waals surface area contributed by atoms with Gasteiger partial charge in [-0.15, -0.1) is 11.3 Å². The largest absolute Gasteiger partial charge is 0.459 e. The Morgan fingerprint density at radius 2 is 2.11 bits per heavy atom. The Kier molecular flexibility index (Phi) is 3.17. The highest BCUT2D eigenvalue weighted by atomic mass is 32.1. The highest BCUT2D eigenvalue weighted by Gasteiger charge is 2.18. The van der Waals surface area contributed by atoms with E-state index in [-0.39, 0.29) is 6.04 Å². The fourth-order valence-electron chi connectivity index (χ4n) is 2.38. The Balaban J connectivity index is 2.04. The molecule has 0 saturated heterocycles. The third kappa shape index (κ3) is 2.20. The summed E-state index contributed by atoms with van der Waals surface area (Å²) in [4.78, 5) is 1.21. The van der Waals surface area contributed by atoms with Gasteiger partial charge in [0.15, 0.2) is 0 Å². The van der Waals surface area contributed by atoms with Crippen molar-refractivity contribution in [2.75, 3.05) is 0 Å². The van der Waals surface area contributed by atoms with Gasteiger partial charge in [0, 0.05) is 10.3 Å². The summed E-state index contributed by atoms with van der Waals surface area (Å²) in [6.07, 6.45) is 1.01. The third-order valence-corrected chi connectivity index (χ3v) is 4.48. The van der Waals surface area contributed by atoms with Gasteiger partial charge in [0.25, 0.3) is 0 Å². The molecule has 3 heteroatoms. The minimum absolute atomic E-state index is 0.164. The molecule has 0 aliphatic carbocycles. The van der Waals surface area contributed by atoms with Crippen LogP contribution in [0, 0.1) is 6.92 Å². The Morgan fingerprint density at radius 1 is 1.26 bits per heavy atom. The number of aryl methyl sites for hydroxylation is 2. The van der Waals surface area contributed by atoms with Crippen molar-refractivity contribution >= 4 is 22.3 Å². The first-order valence-corrected chi connectivity index (χ1v) is 7.39. The van der Waals surface area contributed by atoms with Gasteiger partial charge in [-0.2, -0.15) is 0 Å². The normalized spacial score (nSPS) is 13.0. The number of benzene rings is 1. The van der Waals surface area contributed by atoms with E-state index in [2.05, 4.69) is 43.5 Å². The summed E-state index contributed by atoms with van der Waals surface area (Å²) in [5, 5.41) is 3.22. The first kappa shape index (κ1) is 12.5. The summed E-state index contributed by atoms with van der Waals surface area (Å²) in [5.74, 6) is 0.845. The SMILES string of the molecule is CCc1ccsc1C(N)c1cc2cc(C)ccc2o1. The maximum Gasteiger partial charge on any atom is 0.134 e. The topological polar surface area (TPSA) is 39.2 Å². The Hall–Kier alpha value is -1.58. The first-order chi connectivity index (χ1) is 9.19. The number of hydrogen-bond acceptors (Lipinski definition) is 3. The predicted molar refractivity (Wildman–Crippen MR) is 80.7 cm³/mol. The minimum Gasteiger partial charge on any atom is -0.459 e. The highest BCUT2D eigenvalue weighted by Crippen LogP contribution is 2.31. The number of hydrogen-bond donors (Lipinski definition) is 1. The predicted octanol–water partition coefficient (Wildman–Crippen LogP) is 4.41. The molecule has 1 atom stereocenters. The molecule has 2 nitrogen and oxygen atoms in total. The monoisotopic (exact) mass is 271 g/mol. The van der Waals surface area contributed by atoms with Crippen LogP contribution in [0.5, 0.6) is 0 Å². The standard InChI is InChI=1S/C16H17NOS/c1-3-11-6-7-19-16(11)15(17)14-9-12-8-10(2)4-5-13(12)18-14/h4-9,15H,3,17H2,1-2H3. The molecule has 0 aliphatic rings. The van der Waals surface area contributed by atoms with E-state index in [0.717, 1.165) is 23.2 Å². The average molecular weight is 271 g/mol. The molecule has 0 aliphatic heterocycles. The van der Waals surface area contributed by atoms with E-state index in [0.29, 0.717) is 0 Å². The number of furan rings is 1. The van der Waals surface area contributed by atoms with Gasteiger partial charge < -0.3 is 10.2 Å². The van der Waals surface area contributed by atoms with Crippen LogP contribution in [0.2, 0.25) is 0 Å². The molecular formula is C16H17NOS. The second-order valence-corrected chi connectivity index (χ2v) is 5.78. The van der Waals surface area contributed by atoms with Crippen molar-refractivity contribution in [1.29, 1.82) is 0 Å². The van der Waals surface area contributed by atoms with Gasteiger partial charge in [0.1, 0.15) is 11.3 Å². The van der Waals surface area contributed by atoms with E-state index in [1.54, 1.807) is 11.3 Å². The molecule has 0 fully saturated rings. The van der Waals surface area contributed by atoms with Gasteiger partial charge in [0.2, 0.25) is 0 Å². The lowest BCUT2D eigenvalue weighted by atomic mass is 10.1. The van der Waals surface area contributed by atoms with Gasteiger partial charge in [-0.3, -0.25) is 0 Å². The summed E-state index contributed by atoms with van der Waals surface area (Å²) in [7, 11) is 0. The zero-order chi connectivity index (χ0) is 13.4. The maximum atomic E-state index is 6.36. The zero-order valence-corrected chi connectivity index (χ0v) is 12.0. The number of thiophene rings is 1. The molecule has 0 radical (unpaired) electrons. The molecule has 0 saturated carbocycles. The van der Waals surface area contributed by atoms with E-state index in [1.807, 2.05) is 6.07 Å². The van der Waals surface area contributed by atoms with Crippen molar-refractivity contribution in [3.63, 3.8) is 0 Å². The van der Waals surface area contributed by atoms with Crippen LogP contribution in [-0.4, -0.2) is 0 Å². The Morgan fingerprint density at radius 3 is 2.89 bits per heavy atom. The highest BCUT2D eigenvalue weighted by molar-refractivity contribution is 7.10. The third-order valence-electron chi connectivity index (χ3n) is 3.44. The summed E-state index contributed by atoms with van der Waals surface area (Å²) in [6.45, 7) is 4.24. The fraction of sp³-hybridized carbons (Fsp3) is 0.250. The molecule has 2 aromatic heterocycles. The van der Waals surface area contributed by atoms with Crippen LogP contribution >= 0.6 is 11.3 Å². The molecule has 2 heterocycles. The number of fused-ring (bicyclic) bond motifs is 1. The van der Waals surface area contributed by atoms with Gasteiger partial charge in [-0.05, 0) is 48.6 Å². The van der Waals surface area contributed by atoms with Gasteiger partial charge in [-0.25, -0.2) is 0 Å². The molecule has 19 heavy (non-hydrogen) atoms. The fourth-order valence-corrected chi connectivity index (χ4v) is 3.38. The summed E-state index contributed by atoms with van der Waals surface area (Å²) >= 11 is 1.71. The summed E-state index contributed by atoms with van der Waals surface area (Å²) in [6, 6.07) is 10.2. The van der Waals surface area contributed by atoms with E-state index >= 15 is 0 Å². The van der Waals surface area contributed by atoms with Crippen LogP contribution in [0.3, 0.4) is 0 Å². The molecule has 1 aromatic carbocycles. The molecule has 2 N–H and O–H groups in total. The van der Waals surface area contributed by atoms with Crippen LogP contribution in [0.4, 0.5) is 0 Å². The van der Waals surface area contributed by atoms with E-state index in [9.17, 15) is 0 Å². The van der Waals surface area contributed by atoms with Crippen molar-refractivity contribution in [2.24, 2.45) is 5.73 Å². The van der Waals surface area contributed by atoms with E-state index in [4.69, 9.17) is 10.2 Å². The minimum atomic E-state index is -0.164. The number of nitrogens with two attached hydrogens (primary N) is 1. The molecule has 98 valence electrons. The lowest BCUT2D eigenvalue weighted by Crippen LogP contribution is -2.10. The van der Waals surface area contributed by atoms with Crippen LogP contribution in [-0.2, 0) is 6.42 Å². The second kappa shape index (κ2) is 4.83. The Bertz CT molecular complexity index is 710. The molecule has 0 bridgehead atoms. The molecule has 0 spiro atoms. The molecule has 0 amide bonds. The first-order valence-electron chi connectivity index (χ1n) is 6.51. The maximum absolute atomic E-state index is 6.36. The van der Waals surface area contributed by atoms with Crippen LogP contribution < -0.4 is 5.73 Å². The smallest absolute Gasteiger partial charge is 0.134 e. The van der Waals surface area contributed by atoms with Crippen LogP contribution in [0.1, 0.15) is 34.7 Å². The molecular weight excluding hydrogens is 254 g/mol. The van der Waals surface area contributed by atoms with Gasteiger partial charge in [0.05, 0.1) is 6.04 Å². The van der Waals surface area contributed by atoms with E-state index < -0.39 is 0 Å². The summed E-state index contributed by atoms with van der Waals surface area (Å²) in [5.41, 5.74) is 9.81. The van der Waals surface area contributed by atoms with Crippen molar-refractivity contribution in [3.05, 3.63) is 57.5 Å². The van der Waals surface area contributed by atoms with Crippen LogP contribution in [0.25, 0.3) is 11.0 Å². The molecule has 3 aromatic rings. The van der Waals surface area contributed by atoms with Gasteiger partial charge in [-0.1, -0.05) is 18.6 Å². The average Bonchev–Trinajstić information content (AvgIpc) is 3.03. The quantitative estimate of drug-likeness (QED) is 0.766.